The molecule has 4 aromatic carbocycles. The van der Waals surface area contributed by atoms with Gasteiger partial charge < -0.3 is 33.2 Å². The lowest BCUT2D eigenvalue weighted by molar-refractivity contribution is -0.275. The summed E-state index contributed by atoms with van der Waals surface area (Å²) in [5.41, 5.74) is 3.08. The molecule has 312 valence electrons. The molecule has 0 radical (unpaired) electrons. The minimum atomic E-state index is -0.871. The Balaban J connectivity index is 1.21. The van der Waals surface area contributed by atoms with Gasteiger partial charge in [0, 0.05) is 0 Å². The van der Waals surface area contributed by atoms with Gasteiger partial charge in [-0.1, -0.05) is 127 Å². The summed E-state index contributed by atoms with van der Waals surface area (Å²) in [7, 11) is 0. The fraction of sp³-hybridized carbons (Fsp3) is 0.426. The van der Waals surface area contributed by atoms with Crippen molar-refractivity contribution < 1.29 is 38.0 Å². The maximum Gasteiger partial charge on any atom is 0.412 e. The molecule has 2 aliphatic heterocycles. The minimum Gasteiger partial charge on any atom is -0.444 e. The van der Waals surface area contributed by atoms with Gasteiger partial charge in [0.25, 0.3) is 0 Å². The molecular weight excluding hydrogens is 749 g/mol. The molecule has 12 nitrogen and oxygen atoms in total. The van der Waals surface area contributed by atoms with Crippen LogP contribution in [0.1, 0.15) is 68.7 Å². The summed E-state index contributed by atoms with van der Waals surface area (Å²) in [6.45, 7) is 11.4. The molecule has 0 unspecified atom stereocenters. The van der Waals surface area contributed by atoms with E-state index in [1.807, 2.05) is 162 Å². The summed E-state index contributed by atoms with van der Waals surface area (Å²) < 4.78 is 47.6. The van der Waals surface area contributed by atoms with Gasteiger partial charge in [0.15, 0.2) is 0 Å². The van der Waals surface area contributed by atoms with Crippen LogP contribution in [0.3, 0.4) is 0 Å². The first kappa shape index (κ1) is 42.2. The van der Waals surface area contributed by atoms with Gasteiger partial charge in [0.1, 0.15) is 47.5 Å². The van der Waals surface area contributed by atoms with Crippen LogP contribution in [0.15, 0.2) is 128 Å². The van der Waals surface area contributed by atoms with Crippen LogP contribution in [0.5, 0.6) is 0 Å². The van der Waals surface area contributed by atoms with E-state index in [1.165, 1.54) is 0 Å². The summed E-state index contributed by atoms with van der Waals surface area (Å²) in [6.07, 6.45) is -1.81. The van der Waals surface area contributed by atoms with Crippen molar-refractivity contribution in [1.82, 2.24) is 19.9 Å². The molecule has 1 aromatic heterocycles. The van der Waals surface area contributed by atoms with E-state index in [9.17, 15) is 4.79 Å². The average molecular weight is 805 g/mol. The molecule has 0 aliphatic carbocycles. The van der Waals surface area contributed by atoms with Gasteiger partial charge in [-0.3, -0.25) is 9.58 Å². The van der Waals surface area contributed by atoms with Gasteiger partial charge in [0.2, 0.25) is 0 Å². The standard InChI is InChI=1S/C47H56N4O8/c1-46(2,3)59-45(52)51-38(32-57-47(51,4)5)26-50-27-39(48-49-50)41-43(55-30-36-22-14-8-15-23-36)44(56-31-37-24-16-9-17-25-37)42(54-29-35-20-12-7-13-21-35)40(58-41)33-53-28-34-18-10-6-11-19-34/h6-25,27,38,40-44H,26,28-33H2,1-5H3/t38-,40+,41-,42+,43-,44-/m0/s1. The second-order valence-corrected chi connectivity index (χ2v) is 16.5. The van der Waals surface area contributed by atoms with Gasteiger partial charge in [-0.25, -0.2) is 4.79 Å². The number of rotatable bonds is 16. The quantitative estimate of drug-likeness (QED) is 0.0971. The van der Waals surface area contributed by atoms with Crippen molar-refractivity contribution in [3.63, 3.8) is 0 Å². The summed E-state index contributed by atoms with van der Waals surface area (Å²) >= 11 is 0. The number of ether oxygens (including phenoxy) is 7. The van der Waals surface area contributed by atoms with Crippen LogP contribution >= 0.6 is 0 Å². The van der Waals surface area contributed by atoms with Gasteiger partial charge in [-0.05, 0) is 56.9 Å². The Hall–Kier alpha value is -4.95. The van der Waals surface area contributed by atoms with E-state index in [0.29, 0.717) is 45.3 Å². The van der Waals surface area contributed by atoms with Crippen LogP contribution < -0.4 is 0 Å². The molecule has 12 heteroatoms. The molecule has 0 spiro atoms. The molecule has 0 saturated carbocycles. The number of nitrogens with zero attached hydrogens (tertiary/aromatic N) is 4. The molecule has 2 saturated heterocycles. The smallest absolute Gasteiger partial charge is 0.412 e. The lowest BCUT2D eigenvalue weighted by Crippen LogP contribution is -2.58. The predicted octanol–water partition coefficient (Wildman–Crippen LogP) is 8.06. The Morgan fingerprint density at radius 1 is 0.712 bits per heavy atom. The normalized spacial score (nSPS) is 23.0. The average Bonchev–Trinajstić information content (AvgIpc) is 3.82. The number of benzene rings is 4. The van der Waals surface area contributed by atoms with E-state index in [4.69, 9.17) is 33.2 Å². The van der Waals surface area contributed by atoms with Crippen molar-refractivity contribution in [3.8, 4) is 0 Å². The van der Waals surface area contributed by atoms with E-state index in [-0.39, 0.29) is 12.6 Å². The van der Waals surface area contributed by atoms with Crippen LogP contribution in [0.2, 0.25) is 0 Å². The third kappa shape index (κ3) is 11.4. The van der Waals surface area contributed by atoms with E-state index < -0.39 is 47.9 Å². The van der Waals surface area contributed by atoms with Crippen molar-refractivity contribution in [2.45, 2.75) is 115 Å². The zero-order valence-electron chi connectivity index (χ0n) is 34.6. The first-order valence-corrected chi connectivity index (χ1v) is 20.3. The Morgan fingerprint density at radius 3 is 1.73 bits per heavy atom. The van der Waals surface area contributed by atoms with E-state index in [2.05, 4.69) is 10.3 Å². The molecule has 1 amide bonds. The van der Waals surface area contributed by atoms with Crippen molar-refractivity contribution in [1.29, 1.82) is 0 Å². The van der Waals surface area contributed by atoms with Crippen molar-refractivity contribution in [2.24, 2.45) is 0 Å². The van der Waals surface area contributed by atoms with Crippen molar-refractivity contribution in [3.05, 3.63) is 155 Å². The second kappa shape index (κ2) is 19.4. The van der Waals surface area contributed by atoms with E-state index in [0.717, 1.165) is 22.3 Å². The van der Waals surface area contributed by atoms with Gasteiger partial charge in [-0.2, -0.15) is 0 Å². The number of amides is 1. The number of carbonyl (C=O) groups is 1. The number of hydrogen-bond acceptors (Lipinski definition) is 10. The first-order chi connectivity index (χ1) is 28.5. The van der Waals surface area contributed by atoms with Crippen molar-refractivity contribution >= 4 is 6.09 Å². The molecule has 2 aliphatic rings. The highest BCUT2D eigenvalue weighted by Gasteiger charge is 2.50. The molecule has 0 bridgehead atoms. The monoisotopic (exact) mass is 804 g/mol. The lowest BCUT2D eigenvalue weighted by atomic mass is 9.92. The predicted molar refractivity (Wildman–Crippen MR) is 221 cm³/mol. The highest BCUT2D eigenvalue weighted by atomic mass is 16.6. The molecule has 6 atom stereocenters. The molecule has 3 heterocycles. The van der Waals surface area contributed by atoms with Gasteiger partial charge >= 0.3 is 6.09 Å². The van der Waals surface area contributed by atoms with Crippen LogP contribution in [-0.2, 0) is 66.1 Å². The van der Waals surface area contributed by atoms with Crippen LogP contribution in [-0.4, -0.2) is 81.0 Å². The van der Waals surface area contributed by atoms with Gasteiger partial charge in [0.05, 0.1) is 58.4 Å². The fourth-order valence-corrected chi connectivity index (χ4v) is 7.47. The third-order valence-corrected chi connectivity index (χ3v) is 10.3. The molecule has 0 N–H and O–H groups in total. The van der Waals surface area contributed by atoms with Crippen LogP contribution in [0.25, 0.3) is 0 Å². The van der Waals surface area contributed by atoms with Gasteiger partial charge in [-0.15, -0.1) is 5.10 Å². The summed E-state index contributed by atoms with van der Waals surface area (Å²) in [5, 5.41) is 9.24. The topological polar surface area (TPSA) is 116 Å². The molecule has 5 aromatic rings. The highest BCUT2D eigenvalue weighted by molar-refractivity contribution is 5.69. The SMILES string of the molecule is CC(C)(C)OC(=O)N1[C@@H](Cn2cc([C@@H]3O[C@H](COCc4ccccc4)[C@@H](OCc4ccccc4)[C@H](OCc4ccccc4)[C@H]3OCc3ccccc3)nn2)COC1(C)C. The second-order valence-electron chi connectivity index (χ2n) is 16.5. The zero-order valence-corrected chi connectivity index (χ0v) is 34.6. The van der Waals surface area contributed by atoms with Crippen LogP contribution in [0, 0.1) is 0 Å². The maximum absolute atomic E-state index is 13.5. The van der Waals surface area contributed by atoms with E-state index >= 15 is 0 Å². The minimum absolute atomic E-state index is 0.217. The molecule has 59 heavy (non-hydrogen) atoms. The lowest BCUT2D eigenvalue weighted by Gasteiger charge is -2.45. The number of carbonyl (C=O) groups excluding carboxylic acids is 1. The Morgan fingerprint density at radius 2 is 1.20 bits per heavy atom. The van der Waals surface area contributed by atoms with Crippen molar-refractivity contribution in [2.75, 3.05) is 13.2 Å². The summed E-state index contributed by atoms with van der Waals surface area (Å²) in [5.74, 6) is 0. The number of hydrogen-bond donors (Lipinski definition) is 0. The molecule has 7 rings (SSSR count). The van der Waals surface area contributed by atoms with Crippen LogP contribution in [0.4, 0.5) is 4.79 Å². The third-order valence-electron chi connectivity index (χ3n) is 10.3. The summed E-state index contributed by atoms with van der Waals surface area (Å²) in [4.78, 5) is 15.1. The fourth-order valence-electron chi connectivity index (χ4n) is 7.47. The highest BCUT2D eigenvalue weighted by Crippen LogP contribution is 2.38. The molecular formula is C47H56N4O8. The Kier molecular flexibility index (Phi) is 13.9. The Bertz CT molecular complexity index is 2030. The van der Waals surface area contributed by atoms with E-state index in [1.54, 1.807) is 9.58 Å². The maximum atomic E-state index is 13.5. The summed E-state index contributed by atoms with van der Waals surface area (Å²) in [6, 6.07) is 39.8. The Labute approximate surface area is 347 Å². The number of aromatic nitrogens is 3. The zero-order chi connectivity index (χ0) is 41.2. The molecule has 2 fully saturated rings. The largest absolute Gasteiger partial charge is 0.444 e. The first-order valence-electron chi connectivity index (χ1n) is 20.3.